The van der Waals surface area contributed by atoms with E-state index in [1.165, 1.54) is 89.9 Å². The number of nitrogens with two attached hydrogens (primary N) is 1. The molecule has 0 radical (unpaired) electrons. The van der Waals surface area contributed by atoms with Crippen LogP contribution in [0.25, 0.3) is 0 Å². The quantitative estimate of drug-likeness (QED) is 0.0976. The van der Waals surface area contributed by atoms with Gasteiger partial charge in [-0.3, -0.25) is 0 Å². The second kappa shape index (κ2) is 22.7. The van der Waals surface area contributed by atoms with E-state index in [0.717, 1.165) is 0 Å². The smallest absolute Gasteiger partial charge is 0.0708 e. The molecule has 0 fully saturated rings. The van der Waals surface area contributed by atoms with E-state index in [1.807, 2.05) is 0 Å². The summed E-state index contributed by atoms with van der Waals surface area (Å²) in [5.41, 5.74) is 4.66. The van der Waals surface area contributed by atoms with E-state index in [-0.39, 0.29) is 4.32 Å². The number of unbranched alkanes of at least 4 members (excludes halogenated alkanes) is 12. The molecule has 29 heavy (non-hydrogen) atoms. The van der Waals surface area contributed by atoms with Crippen molar-refractivity contribution >= 4 is 33.1 Å². The molecule has 1 aromatic carbocycles. The zero-order valence-electron chi connectivity index (χ0n) is 19.0. The normalized spacial score (nSPS) is 10.6. The third-order valence-electron chi connectivity index (χ3n) is 5.07. The topological polar surface area (TPSA) is 26.0 Å². The molecule has 4 heteroatoms. The van der Waals surface area contributed by atoms with Gasteiger partial charge in [-0.2, -0.15) is 0 Å². The fourth-order valence-electron chi connectivity index (χ4n) is 3.42. The van der Waals surface area contributed by atoms with Crippen molar-refractivity contribution < 1.29 is 17.3 Å². The molecule has 168 valence electrons. The Kier molecular flexibility index (Phi) is 22.7. The molecule has 1 nitrogen and oxygen atoms in total. The van der Waals surface area contributed by atoms with Crippen molar-refractivity contribution in [2.75, 3.05) is 0 Å². The fourth-order valence-corrected chi connectivity index (χ4v) is 9.13. The Labute approximate surface area is 199 Å². The Morgan fingerprint density at radius 3 is 1.45 bits per heavy atom. The molecule has 0 spiro atoms. The third kappa shape index (κ3) is 21.0. The number of hydrogen-bond donors (Lipinski definition) is 1. The SMILES string of the molecule is CCCCCCCC[CH2][Mo+]([CH2]CCCCCCCC)[c]1ccccc1.NC(=S)[S-]. The van der Waals surface area contributed by atoms with Crippen LogP contribution in [0.5, 0.6) is 0 Å². The van der Waals surface area contributed by atoms with Crippen molar-refractivity contribution in [3.8, 4) is 0 Å². The van der Waals surface area contributed by atoms with Crippen LogP contribution < -0.4 is 9.69 Å². The van der Waals surface area contributed by atoms with E-state index in [0.29, 0.717) is 0 Å². The summed E-state index contributed by atoms with van der Waals surface area (Å²) in [7, 11) is 0. The van der Waals surface area contributed by atoms with Crippen molar-refractivity contribution in [2.45, 2.75) is 113 Å². The van der Waals surface area contributed by atoms with Crippen molar-refractivity contribution in [2.24, 2.45) is 5.73 Å². The average molecular weight is 520 g/mol. The molecule has 2 N–H and O–H groups in total. The average Bonchev–Trinajstić information content (AvgIpc) is 2.71. The molecular formula is C25H45MoNS2. The summed E-state index contributed by atoms with van der Waals surface area (Å²) in [6, 6.07) is 11.6. The van der Waals surface area contributed by atoms with Crippen LogP contribution in [-0.2, 0) is 29.9 Å². The fraction of sp³-hybridized carbons (Fsp3) is 0.720. The molecule has 0 bridgehead atoms. The third-order valence-corrected chi connectivity index (χ3v) is 11.2. The second-order valence-electron chi connectivity index (χ2n) is 7.78. The molecule has 0 unspecified atom stereocenters. The van der Waals surface area contributed by atoms with Crippen molar-refractivity contribution in [1.82, 2.24) is 0 Å². The Bertz CT molecular complexity index is 445. The van der Waals surface area contributed by atoms with Gasteiger partial charge in [0.1, 0.15) is 0 Å². The summed E-state index contributed by atoms with van der Waals surface area (Å²) in [4.78, 5) is 3.13. The molecular weight excluding hydrogens is 474 g/mol. The number of hydrogen-bond acceptors (Lipinski definition) is 2. The summed E-state index contributed by atoms with van der Waals surface area (Å²) in [6.45, 7) is 4.61. The van der Waals surface area contributed by atoms with Gasteiger partial charge in [0, 0.05) is 0 Å². The molecule has 0 saturated heterocycles. The summed E-state index contributed by atoms with van der Waals surface area (Å²) in [5, 5.41) is 0. The minimum absolute atomic E-state index is 0.0833. The van der Waals surface area contributed by atoms with Crippen molar-refractivity contribution in [3.05, 3.63) is 30.3 Å². The van der Waals surface area contributed by atoms with Gasteiger partial charge in [-0.15, -0.1) is 0 Å². The van der Waals surface area contributed by atoms with E-state index in [9.17, 15) is 0 Å². The predicted octanol–water partition coefficient (Wildman–Crippen LogP) is 8.04. The second-order valence-corrected chi connectivity index (χ2v) is 14.5. The molecule has 0 amide bonds. The summed E-state index contributed by atoms with van der Waals surface area (Å²) in [6.07, 6.45) is 20.3. The standard InChI is InChI=1S/2C9H19.C6H5.CH3NS2.Mo/c2*1-3-5-7-9-8-6-4-2;1-2-4-6-5-3-1;2-1(3)4;/h2*1,3-9H2,2H3;1-5H;(H3,2,3,4);/q;;;;+1/p-1. The Hall–Kier alpha value is 0.0183. The van der Waals surface area contributed by atoms with Crippen LogP contribution in [0.2, 0.25) is 9.62 Å². The van der Waals surface area contributed by atoms with Gasteiger partial charge in [-0.05, 0) is 0 Å². The molecule has 1 rings (SSSR count). The van der Waals surface area contributed by atoms with Crippen LogP contribution in [-0.4, -0.2) is 4.32 Å². The van der Waals surface area contributed by atoms with E-state index >= 15 is 0 Å². The van der Waals surface area contributed by atoms with Gasteiger partial charge in [0.05, 0.1) is 0 Å². The predicted molar refractivity (Wildman–Crippen MR) is 136 cm³/mol. The maximum Gasteiger partial charge on any atom is -0.0708 e. The minimum atomic E-state index is -1.06. The number of thiocarbonyl (C=S) groups is 1. The van der Waals surface area contributed by atoms with Crippen molar-refractivity contribution in [1.29, 1.82) is 0 Å². The Morgan fingerprint density at radius 1 is 0.724 bits per heavy atom. The summed E-state index contributed by atoms with van der Waals surface area (Å²) < 4.78 is 1.84. The number of benzene rings is 1. The van der Waals surface area contributed by atoms with Gasteiger partial charge in [-0.1, -0.05) is 4.32 Å². The largest absolute Gasteiger partial charge is 0.415 e. The molecule has 0 saturated carbocycles. The van der Waals surface area contributed by atoms with Crippen molar-refractivity contribution in [3.63, 3.8) is 0 Å². The minimum Gasteiger partial charge on any atom is -0.415 e. The molecule has 0 atom stereocenters. The summed E-state index contributed by atoms with van der Waals surface area (Å²) in [5.74, 6) is 0. The molecule has 0 heterocycles. The van der Waals surface area contributed by atoms with Crippen LogP contribution in [0.4, 0.5) is 0 Å². The summed E-state index contributed by atoms with van der Waals surface area (Å²) >= 11 is 7.20. The van der Waals surface area contributed by atoms with Gasteiger partial charge in [0.25, 0.3) is 0 Å². The van der Waals surface area contributed by atoms with Crippen LogP contribution in [0.1, 0.15) is 104 Å². The van der Waals surface area contributed by atoms with E-state index < -0.39 is 17.3 Å². The first-order chi connectivity index (χ1) is 14.1. The zero-order valence-corrected chi connectivity index (χ0v) is 22.6. The number of rotatable bonds is 17. The Morgan fingerprint density at radius 2 is 1.07 bits per heavy atom. The van der Waals surface area contributed by atoms with E-state index in [2.05, 4.69) is 74.8 Å². The molecule has 0 aliphatic heterocycles. The Balaban J connectivity index is 0.00000178. The van der Waals surface area contributed by atoms with Gasteiger partial charge in [-0.25, -0.2) is 0 Å². The van der Waals surface area contributed by atoms with Crippen LogP contribution in [0.15, 0.2) is 30.3 Å². The maximum atomic E-state index is 4.66. The van der Waals surface area contributed by atoms with Gasteiger partial charge >= 0.3 is 165 Å². The van der Waals surface area contributed by atoms with E-state index in [1.54, 1.807) is 13.6 Å². The molecule has 1 aromatic rings. The first-order valence-corrected chi connectivity index (χ1v) is 16.5. The monoisotopic (exact) mass is 521 g/mol. The molecule has 0 aliphatic carbocycles. The first kappa shape index (κ1) is 29.0. The van der Waals surface area contributed by atoms with Gasteiger partial charge in [0.2, 0.25) is 0 Å². The van der Waals surface area contributed by atoms with E-state index in [4.69, 9.17) is 0 Å². The van der Waals surface area contributed by atoms with Crippen LogP contribution in [0.3, 0.4) is 0 Å². The molecule has 0 aliphatic rings. The van der Waals surface area contributed by atoms with Crippen LogP contribution >= 0.6 is 12.2 Å². The zero-order chi connectivity index (χ0) is 21.6. The first-order valence-electron chi connectivity index (χ1n) is 11.8. The maximum absolute atomic E-state index is 4.66. The molecule has 0 aromatic heterocycles. The van der Waals surface area contributed by atoms with Gasteiger partial charge in [0.15, 0.2) is 0 Å². The van der Waals surface area contributed by atoms with Crippen LogP contribution in [0, 0.1) is 0 Å². The van der Waals surface area contributed by atoms with Gasteiger partial charge < -0.3 is 30.6 Å².